The van der Waals surface area contributed by atoms with Crippen LogP contribution in [0.25, 0.3) is 0 Å². The number of thioether (sulfide) groups is 1. The molecule has 14 heavy (non-hydrogen) atoms. The highest BCUT2D eigenvalue weighted by atomic mass is 32.2. The van der Waals surface area contributed by atoms with Crippen molar-refractivity contribution in [3.63, 3.8) is 0 Å². The Morgan fingerprint density at radius 3 is 2.57 bits per heavy atom. The molecule has 0 bridgehead atoms. The van der Waals surface area contributed by atoms with Crippen molar-refractivity contribution in [2.75, 3.05) is 5.75 Å². The molecule has 1 nitrogen and oxygen atoms in total. The van der Waals surface area contributed by atoms with Gasteiger partial charge in [0.05, 0.1) is 0 Å². The summed E-state index contributed by atoms with van der Waals surface area (Å²) in [5, 5.41) is 0. The molecule has 0 aliphatic heterocycles. The van der Waals surface area contributed by atoms with Crippen LogP contribution in [-0.2, 0) is 0 Å². The minimum absolute atomic E-state index is 0.152. The Morgan fingerprint density at radius 1 is 1.43 bits per heavy atom. The van der Waals surface area contributed by atoms with E-state index in [9.17, 15) is 4.39 Å². The van der Waals surface area contributed by atoms with Crippen LogP contribution in [0.5, 0.6) is 0 Å². The Hall–Kier alpha value is -0.540. The van der Waals surface area contributed by atoms with Crippen LogP contribution in [0.15, 0.2) is 23.1 Å². The average molecular weight is 213 g/mol. The largest absolute Gasteiger partial charge is 0.325 e. The highest BCUT2D eigenvalue weighted by molar-refractivity contribution is 7.99. The van der Waals surface area contributed by atoms with Crippen molar-refractivity contribution < 1.29 is 4.39 Å². The number of aryl methyl sites for hydroxylation is 1. The van der Waals surface area contributed by atoms with E-state index in [4.69, 9.17) is 5.73 Å². The van der Waals surface area contributed by atoms with E-state index in [1.54, 1.807) is 24.8 Å². The van der Waals surface area contributed by atoms with Gasteiger partial charge in [-0.3, -0.25) is 0 Å². The van der Waals surface area contributed by atoms with Crippen LogP contribution in [0.3, 0.4) is 0 Å². The first-order valence-corrected chi connectivity index (χ1v) is 5.55. The van der Waals surface area contributed by atoms with Crippen LogP contribution in [-0.4, -0.2) is 11.3 Å². The van der Waals surface area contributed by atoms with Gasteiger partial charge in [0.1, 0.15) is 5.82 Å². The maximum absolute atomic E-state index is 12.9. The predicted molar refractivity (Wildman–Crippen MR) is 60.1 cm³/mol. The molecule has 0 heterocycles. The Labute approximate surface area is 88.9 Å². The van der Waals surface area contributed by atoms with Crippen LogP contribution >= 0.6 is 11.8 Å². The van der Waals surface area contributed by atoms with Crippen LogP contribution in [0, 0.1) is 12.7 Å². The summed E-state index contributed by atoms with van der Waals surface area (Å²) in [6.45, 7) is 5.74. The number of rotatable bonds is 3. The molecule has 0 aliphatic carbocycles. The summed E-state index contributed by atoms with van der Waals surface area (Å²) in [4.78, 5) is 1.07. The fraction of sp³-hybridized carbons (Fsp3) is 0.455. The highest BCUT2D eigenvalue weighted by Crippen LogP contribution is 2.23. The second-order valence-corrected chi connectivity index (χ2v) is 5.24. The molecule has 0 unspecified atom stereocenters. The van der Waals surface area contributed by atoms with Crippen LogP contribution in [0.4, 0.5) is 4.39 Å². The van der Waals surface area contributed by atoms with Gasteiger partial charge >= 0.3 is 0 Å². The summed E-state index contributed by atoms with van der Waals surface area (Å²) in [7, 11) is 0. The first kappa shape index (κ1) is 11.5. The van der Waals surface area contributed by atoms with E-state index in [0.29, 0.717) is 5.56 Å². The molecule has 78 valence electrons. The lowest BCUT2D eigenvalue weighted by Gasteiger charge is -2.17. The van der Waals surface area contributed by atoms with E-state index >= 15 is 0 Å². The first-order chi connectivity index (χ1) is 6.38. The molecule has 1 aromatic carbocycles. The van der Waals surface area contributed by atoms with Gasteiger partial charge in [0.2, 0.25) is 0 Å². The quantitative estimate of drug-likeness (QED) is 0.781. The maximum atomic E-state index is 12.9. The molecule has 0 amide bonds. The average Bonchev–Trinajstić information content (AvgIpc) is 2.06. The van der Waals surface area contributed by atoms with Crippen molar-refractivity contribution in [3.05, 3.63) is 29.6 Å². The molecule has 2 N–H and O–H groups in total. The summed E-state index contributed by atoms with van der Waals surface area (Å²) in [5.41, 5.74) is 6.35. The standard InChI is InChI=1S/C11H16FNS/c1-8-6-9(4-5-10(8)12)14-7-11(2,3)13/h4-6H,7,13H2,1-3H3. The molecule has 1 aromatic rings. The Morgan fingerprint density at radius 2 is 2.07 bits per heavy atom. The molecule has 0 radical (unpaired) electrons. The number of nitrogens with two attached hydrogens (primary N) is 1. The second-order valence-electron chi connectivity index (χ2n) is 4.19. The van der Waals surface area contributed by atoms with Crippen molar-refractivity contribution in [3.8, 4) is 0 Å². The summed E-state index contributed by atoms with van der Waals surface area (Å²) < 4.78 is 12.9. The number of hydrogen-bond acceptors (Lipinski definition) is 2. The smallest absolute Gasteiger partial charge is 0.126 e. The van der Waals surface area contributed by atoms with Gasteiger partial charge in [0.25, 0.3) is 0 Å². The van der Waals surface area contributed by atoms with Gasteiger partial charge < -0.3 is 5.73 Å². The van der Waals surface area contributed by atoms with Gasteiger partial charge in [0, 0.05) is 16.2 Å². The van der Waals surface area contributed by atoms with E-state index in [2.05, 4.69) is 0 Å². The van der Waals surface area contributed by atoms with Gasteiger partial charge in [0.15, 0.2) is 0 Å². The summed E-state index contributed by atoms with van der Waals surface area (Å²) in [6.07, 6.45) is 0. The van der Waals surface area contributed by atoms with Crippen LogP contribution in [0.1, 0.15) is 19.4 Å². The molecular formula is C11H16FNS. The summed E-state index contributed by atoms with van der Waals surface area (Å²) in [6, 6.07) is 5.14. The molecule has 3 heteroatoms. The molecule has 0 atom stereocenters. The van der Waals surface area contributed by atoms with Crippen LogP contribution in [0.2, 0.25) is 0 Å². The highest BCUT2D eigenvalue weighted by Gasteiger charge is 2.11. The maximum Gasteiger partial charge on any atom is 0.126 e. The van der Waals surface area contributed by atoms with E-state index in [-0.39, 0.29) is 11.4 Å². The third-order valence-corrected chi connectivity index (χ3v) is 3.22. The van der Waals surface area contributed by atoms with E-state index in [1.807, 2.05) is 19.9 Å². The zero-order chi connectivity index (χ0) is 10.8. The molecule has 0 saturated heterocycles. The van der Waals surface area contributed by atoms with Gasteiger partial charge in [-0.05, 0) is 44.5 Å². The molecule has 1 rings (SSSR count). The molecular weight excluding hydrogens is 197 g/mol. The zero-order valence-electron chi connectivity index (χ0n) is 8.80. The molecule has 0 saturated carbocycles. The van der Waals surface area contributed by atoms with E-state index in [1.165, 1.54) is 6.07 Å². The zero-order valence-corrected chi connectivity index (χ0v) is 9.62. The van der Waals surface area contributed by atoms with Crippen molar-refractivity contribution in [1.82, 2.24) is 0 Å². The lowest BCUT2D eigenvalue weighted by atomic mass is 10.1. The van der Waals surface area contributed by atoms with Crippen LogP contribution < -0.4 is 5.73 Å². The van der Waals surface area contributed by atoms with Gasteiger partial charge in [-0.15, -0.1) is 11.8 Å². The Balaban J connectivity index is 2.65. The fourth-order valence-corrected chi connectivity index (χ4v) is 1.94. The van der Waals surface area contributed by atoms with Gasteiger partial charge in [-0.1, -0.05) is 0 Å². The lowest BCUT2D eigenvalue weighted by molar-refractivity contribution is 0.591. The van der Waals surface area contributed by atoms with E-state index in [0.717, 1.165) is 10.6 Å². The summed E-state index contributed by atoms with van der Waals surface area (Å²) in [5.74, 6) is 0.680. The lowest BCUT2D eigenvalue weighted by Crippen LogP contribution is -2.34. The molecule has 0 fully saturated rings. The number of hydrogen-bond donors (Lipinski definition) is 1. The Kier molecular flexibility index (Phi) is 3.56. The summed E-state index contributed by atoms with van der Waals surface area (Å²) >= 11 is 1.66. The number of halogens is 1. The third-order valence-electron chi connectivity index (χ3n) is 1.74. The fourth-order valence-electron chi connectivity index (χ4n) is 0.976. The second kappa shape index (κ2) is 4.32. The minimum atomic E-state index is -0.188. The van der Waals surface area contributed by atoms with Crippen molar-refractivity contribution in [2.24, 2.45) is 5.73 Å². The van der Waals surface area contributed by atoms with Gasteiger partial charge in [-0.2, -0.15) is 0 Å². The minimum Gasteiger partial charge on any atom is -0.325 e. The van der Waals surface area contributed by atoms with Crippen molar-refractivity contribution in [1.29, 1.82) is 0 Å². The third kappa shape index (κ3) is 3.68. The molecule has 0 aromatic heterocycles. The monoisotopic (exact) mass is 213 g/mol. The topological polar surface area (TPSA) is 26.0 Å². The predicted octanol–water partition coefficient (Wildman–Crippen LogP) is 2.96. The molecule has 0 aliphatic rings. The van der Waals surface area contributed by atoms with Crippen molar-refractivity contribution >= 4 is 11.8 Å². The van der Waals surface area contributed by atoms with Gasteiger partial charge in [-0.25, -0.2) is 4.39 Å². The van der Waals surface area contributed by atoms with Crippen molar-refractivity contribution in [2.45, 2.75) is 31.2 Å². The first-order valence-electron chi connectivity index (χ1n) is 4.56. The Bertz CT molecular complexity index is 318. The molecule has 0 spiro atoms. The normalized spacial score (nSPS) is 11.8. The number of benzene rings is 1. The SMILES string of the molecule is Cc1cc(SCC(C)(C)N)ccc1F. The van der Waals surface area contributed by atoms with E-state index < -0.39 is 0 Å².